The summed E-state index contributed by atoms with van der Waals surface area (Å²) in [5, 5.41) is 0. The summed E-state index contributed by atoms with van der Waals surface area (Å²) >= 11 is 0. The zero-order chi connectivity index (χ0) is 21.1. The minimum atomic E-state index is -0.195. The first kappa shape index (κ1) is 20.0. The number of aryl methyl sites for hydroxylation is 1. The van der Waals surface area contributed by atoms with Crippen LogP contribution in [0.5, 0.6) is 0 Å². The number of nitrogens with zero attached hydrogens (tertiary/aromatic N) is 3. The van der Waals surface area contributed by atoms with Gasteiger partial charge in [-0.15, -0.1) is 0 Å². The monoisotopic (exact) mass is 402 g/mol. The summed E-state index contributed by atoms with van der Waals surface area (Å²) < 4.78 is 0. The Balaban J connectivity index is 1.54. The Labute approximate surface area is 176 Å². The van der Waals surface area contributed by atoms with Gasteiger partial charge in [-0.3, -0.25) is 14.6 Å². The highest BCUT2D eigenvalue weighted by atomic mass is 16.2. The molecule has 1 amide bonds. The van der Waals surface area contributed by atoms with E-state index in [2.05, 4.69) is 9.97 Å². The third kappa shape index (κ3) is 4.32. The molecule has 6 heteroatoms. The molecule has 6 nitrogen and oxygen atoms in total. The van der Waals surface area contributed by atoms with E-state index in [1.807, 2.05) is 55.1 Å². The Hall–Kier alpha value is -3.28. The van der Waals surface area contributed by atoms with E-state index in [1.54, 1.807) is 12.4 Å². The van der Waals surface area contributed by atoms with Crippen molar-refractivity contribution in [2.24, 2.45) is 0 Å². The number of aromatic amines is 1. The van der Waals surface area contributed by atoms with Gasteiger partial charge in [0.2, 0.25) is 5.91 Å². The molecule has 0 aliphatic carbocycles. The summed E-state index contributed by atoms with van der Waals surface area (Å²) in [7, 11) is 0. The number of rotatable bonds is 4. The highest BCUT2D eigenvalue weighted by molar-refractivity contribution is 5.83. The molecule has 2 atom stereocenters. The average molecular weight is 402 g/mol. The van der Waals surface area contributed by atoms with Crippen molar-refractivity contribution in [3.05, 3.63) is 82.2 Å². The zero-order valence-electron chi connectivity index (χ0n) is 17.3. The van der Waals surface area contributed by atoms with Crippen molar-refractivity contribution in [2.75, 3.05) is 13.1 Å². The lowest BCUT2D eigenvalue weighted by Crippen LogP contribution is -2.41. The minimum Gasteiger partial charge on any atom is -0.341 e. The minimum absolute atomic E-state index is 0.0161. The van der Waals surface area contributed by atoms with Crippen LogP contribution in [0.1, 0.15) is 48.6 Å². The van der Waals surface area contributed by atoms with E-state index in [9.17, 15) is 9.59 Å². The number of likely N-dealkylation sites (tertiary alicyclic amines) is 1. The number of amides is 1. The third-order valence-corrected chi connectivity index (χ3v) is 5.80. The summed E-state index contributed by atoms with van der Waals surface area (Å²) in [4.78, 5) is 39.0. The molecule has 0 unspecified atom stereocenters. The van der Waals surface area contributed by atoms with Crippen molar-refractivity contribution < 1.29 is 4.79 Å². The highest BCUT2D eigenvalue weighted by Crippen LogP contribution is 2.28. The summed E-state index contributed by atoms with van der Waals surface area (Å²) in [6.07, 6.45) is 5.16. The third-order valence-electron chi connectivity index (χ3n) is 5.80. The number of aromatic nitrogens is 3. The maximum Gasteiger partial charge on any atom is 0.251 e. The van der Waals surface area contributed by atoms with Gasteiger partial charge >= 0.3 is 0 Å². The molecule has 3 aromatic rings. The second-order valence-corrected chi connectivity index (χ2v) is 8.01. The zero-order valence-corrected chi connectivity index (χ0v) is 17.3. The van der Waals surface area contributed by atoms with Gasteiger partial charge in [-0.1, -0.05) is 29.8 Å². The summed E-state index contributed by atoms with van der Waals surface area (Å²) in [6.45, 7) is 5.30. The van der Waals surface area contributed by atoms with E-state index in [0.717, 1.165) is 30.5 Å². The summed E-state index contributed by atoms with van der Waals surface area (Å²) in [5.41, 5.74) is 3.52. The lowest BCUT2D eigenvalue weighted by atomic mass is 9.93. The van der Waals surface area contributed by atoms with Crippen molar-refractivity contribution in [1.82, 2.24) is 19.9 Å². The molecule has 30 heavy (non-hydrogen) atoms. The number of hydrogen-bond donors (Lipinski definition) is 1. The first-order valence-electron chi connectivity index (χ1n) is 10.4. The summed E-state index contributed by atoms with van der Waals surface area (Å²) in [6, 6.07) is 13.3. The molecule has 1 aliphatic rings. The van der Waals surface area contributed by atoms with Gasteiger partial charge in [-0.05, 0) is 44.4 Å². The number of piperidine rings is 1. The van der Waals surface area contributed by atoms with Gasteiger partial charge < -0.3 is 9.88 Å². The molecule has 3 heterocycles. The van der Waals surface area contributed by atoms with Gasteiger partial charge in [0.1, 0.15) is 5.82 Å². The van der Waals surface area contributed by atoms with Crippen LogP contribution in [0.15, 0.2) is 59.7 Å². The highest BCUT2D eigenvalue weighted by Gasteiger charge is 2.29. The molecule has 0 radical (unpaired) electrons. The molecular weight excluding hydrogens is 376 g/mol. The number of carbonyl (C=O) groups is 1. The molecule has 1 N–H and O–H groups in total. The second-order valence-electron chi connectivity index (χ2n) is 8.01. The molecular formula is C24H26N4O2. The number of nitrogens with one attached hydrogen (secondary N) is 1. The Morgan fingerprint density at radius 3 is 2.63 bits per heavy atom. The normalized spacial score (nSPS) is 17.5. The molecule has 0 saturated carbocycles. The molecule has 0 bridgehead atoms. The van der Waals surface area contributed by atoms with Gasteiger partial charge in [0.05, 0.1) is 11.6 Å². The first-order valence-corrected chi connectivity index (χ1v) is 10.4. The SMILES string of the molecule is Cc1ccc([C@@H](C)C(=O)N2CCC[C@@H](c3nc(-c4ccncc4)cc(=O)[nH]3)C2)cc1. The van der Waals surface area contributed by atoms with E-state index in [4.69, 9.17) is 4.98 Å². The Bertz CT molecular complexity index is 1080. The predicted molar refractivity (Wildman–Crippen MR) is 116 cm³/mol. The van der Waals surface area contributed by atoms with Crippen LogP contribution in [-0.2, 0) is 4.79 Å². The molecule has 1 saturated heterocycles. The fourth-order valence-electron chi connectivity index (χ4n) is 4.01. The molecule has 154 valence electrons. The molecule has 1 aliphatic heterocycles. The second kappa shape index (κ2) is 8.61. The maximum atomic E-state index is 13.1. The van der Waals surface area contributed by atoms with Gasteiger partial charge in [0.25, 0.3) is 5.56 Å². The van der Waals surface area contributed by atoms with Crippen molar-refractivity contribution in [3.8, 4) is 11.3 Å². The van der Waals surface area contributed by atoms with E-state index >= 15 is 0 Å². The van der Waals surface area contributed by atoms with Gasteiger partial charge in [0, 0.05) is 43.0 Å². The summed E-state index contributed by atoms with van der Waals surface area (Å²) in [5.74, 6) is 0.591. The topological polar surface area (TPSA) is 79.0 Å². The largest absolute Gasteiger partial charge is 0.341 e. The average Bonchev–Trinajstić information content (AvgIpc) is 2.79. The number of pyridine rings is 1. The predicted octanol–water partition coefficient (Wildman–Crippen LogP) is 3.65. The van der Waals surface area contributed by atoms with Gasteiger partial charge in [0.15, 0.2) is 0 Å². The Morgan fingerprint density at radius 1 is 1.17 bits per heavy atom. The van der Waals surface area contributed by atoms with Crippen LogP contribution in [0.3, 0.4) is 0 Å². The van der Waals surface area contributed by atoms with E-state index in [-0.39, 0.29) is 23.3 Å². The van der Waals surface area contributed by atoms with Crippen LogP contribution in [0.25, 0.3) is 11.3 Å². The van der Waals surface area contributed by atoms with Crippen LogP contribution >= 0.6 is 0 Å². The van der Waals surface area contributed by atoms with Crippen molar-refractivity contribution >= 4 is 5.91 Å². The lowest BCUT2D eigenvalue weighted by Gasteiger charge is -2.34. The quantitative estimate of drug-likeness (QED) is 0.722. The number of benzene rings is 1. The first-order chi connectivity index (χ1) is 14.5. The smallest absolute Gasteiger partial charge is 0.251 e. The van der Waals surface area contributed by atoms with Gasteiger partial charge in [-0.25, -0.2) is 4.98 Å². The molecule has 2 aromatic heterocycles. The van der Waals surface area contributed by atoms with Gasteiger partial charge in [-0.2, -0.15) is 0 Å². The van der Waals surface area contributed by atoms with Crippen molar-refractivity contribution in [3.63, 3.8) is 0 Å². The van der Waals surface area contributed by atoms with Crippen molar-refractivity contribution in [2.45, 2.75) is 38.5 Å². The lowest BCUT2D eigenvalue weighted by molar-refractivity contribution is -0.133. The number of H-pyrrole nitrogens is 1. The van der Waals surface area contributed by atoms with Crippen LogP contribution in [-0.4, -0.2) is 38.8 Å². The number of hydrogen-bond acceptors (Lipinski definition) is 4. The van der Waals surface area contributed by atoms with E-state index in [1.165, 1.54) is 11.6 Å². The van der Waals surface area contributed by atoms with E-state index in [0.29, 0.717) is 18.1 Å². The molecule has 1 fully saturated rings. The van der Waals surface area contributed by atoms with Crippen LogP contribution < -0.4 is 5.56 Å². The van der Waals surface area contributed by atoms with E-state index < -0.39 is 0 Å². The Morgan fingerprint density at radius 2 is 1.90 bits per heavy atom. The van der Waals surface area contributed by atoms with Crippen LogP contribution in [0.4, 0.5) is 0 Å². The number of carbonyl (C=O) groups excluding carboxylic acids is 1. The van der Waals surface area contributed by atoms with Crippen LogP contribution in [0.2, 0.25) is 0 Å². The Kier molecular flexibility index (Phi) is 5.74. The molecule has 0 spiro atoms. The molecule has 4 rings (SSSR count). The fourth-order valence-corrected chi connectivity index (χ4v) is 4.01. The standard InChI is InChI=1S/C24H26N4O2/c1-16-5-7-18(8-6-16)17(2)24(30)28-13-3-4-20(15-28)23-26-21(14-22(29)27-23)19-9-11-25-12-10-19/h5-12,14,17,20H,3-4,13,15H2,1-2H3,(H,26,27,29)/t17-,20-/m1/s1. The fraction of sp³-hybridized carbons (Fsp3) is 0.333. The van der Waals surface area contributed by atoms with Crippen LogP contribution in [0, 0.1) is 6.92 Å². The maximum absolute atomic E-state index is 13.1. The van der Waals surface area contributed by atoms with Crippen molar-refractivity contribution in [1.29, 1.82) is 0 Å². The molecule has 1 aromatic carbocycles.